The largest absolute Gasteiger partial charge is 0.207 e. The summed E-state index contributed by atoms with van der Waals surface area (Å²) in [7, 11) is 0. The maximum absolute atomic E-state index is 14.3. The molecule has 0 N–H and O–H groups in total. The standard InChI is InChI=1S/C18H11ClF4N2/c1-2-14-15(9-3-5-10(20)6-4-9)17(18(19)25-24-14)16-12(22)7-11(21)8-13(16)23/h3-8H,2H2,1H3. The molecule has 2 aromatic carbocycles. The molecule has 0 aliphatic heterocycles. The van der Waals surface area contributed by atoms with Gasteiger partial charge >= 0.3 is 0 Å². The second-order valence-electron chi connectivity index (χ2n) is 5.29. The third-order valence-electron chi connectivity index (χ3n) is 3.73. The number of halogens is 5. The van der Waals surface area contributed by atoms with Crippen LogP contribution >= 0.6 is 11.6 Å². The van der Waals surface area contributed by atoms with Gasteiger partial charge in [0.1, 0.15) is 23.3 Å². The first-order chi connectivity index (χ1) is 11.9. The second kappa shape index (κ2) is 6.80. The quantitative estimate of drug-likeness (QED) is 0.565. The minimum atomic E-state index is -1.11. The molecule has 25 heavy (non-hydrogen) atoms. The molecule has 1 heterocycles. The maximum Gasteiger partial charge on any atom is 0.160 e. The lowest BCUT2D eigenvalue weighted by Crippen LogP contribution is -2.03. The summed E-state index contributed by atoms with van der Waals surface area (Å²) in [5.41, 5.74) is 0.666. The summed E-state index contributed by atoms with van der Waals surface area (Å²) in [5, 5.41) is 7.48. The molecule has 0 radical (unpaired) electrons. The van der Waals surface area contributed by atoms with E-state index in [4.69, 9.17) is 11.6 Å². The molecule has 0 bridgehead atoms. The Balaban J connectivity index is 2.39. The molecule has 1 aromatic heterocycles. The summed E-state index contributed by atoms with van der Waals surface area (Å²) in [6.07, 6.45) is 0.397. The monoisotopic (exact) mass is 366 g/mol. The maximum atomic E-state index is 14.3. The Hall–Kier alpha value is -2.47. The third-order valence-corrected chi connectivity index (χ3v) is 3.99. The fraction of sp³-hybridized carbons (Fsp3) is 0.111. The van der Waals surface area contributed by atoms with Gasteiger partial charge in [0.15, 0.2) is 5.15 Å². The number of hydrogen-bond acceptors (Lipinski definition) is 2. The van der Waals surface area contributed by atoms with E-state index in [0.29, 0.717) is 35.4 Å². The molecule has 0 spiro atoms. The van der Waals surface area contributed by atoms with Gasteiger partial charge in [0.05, 0.1) is 11.3 Å². The van der Waals surface area contributed by atoms with E-state index in [9.17, 15) is 17.6 Å². The highest BCUT2D eigenvalue weighted by Crippen LogP contribution is 2.40. The zero-order valence-electron chi connectivity index (χ0n) is 13.0. The van der Waals surface area contributed by atoms with Gasteiger partial charge < -0.3 is 0 Å². The molecule has 0 fully saturated rings. The Morgan fingerprint density at radius 2 is 1.40 bits per heavy atom. The number of aryl methyl sites for hydroxylation is 1. The summed E-state index contributed by atoms with van der Waals surface area (Å²) in [4.78, 5) is 0. The van der Waals surface area contributed by atoms with Gasteiger partial charge in [-0.2, -0.15) is 5.10 Å². The third kappa shape index (κ3) is 3.22. The predicted octanol–water partition coefficient (Wildman–Crippen LogP) is 5.58. The SMILES string of the molecule is CCc1nnc(Cl)c(-c2c(F)cc(F)cc2F)c1-c1ccc(F)cc1. The lowest BCUT2D eigenvalue weighted by Gasteiger charge is -2.16. The van der Waals surface area contributed by atoms with E-state index < -0.39 is 28.8 Å². The Morgan fingerprint density at radius 1 is 0.800 bits per heavy atom. The van der Waals surface area contributed by atoms with Gasteiger partial charge in [0.25, 0.3) is 0 Å². The van der Waals surface area contributed by atoms with Crippen molar-refractivity contribution in [1.82, 2.24) is 10.2 Å². The van der Waals surface area contributed by atoms with Gasteiger partial charge in [-0.3, -0.25) is 0 Å². The normalized spacial score (nSPS) is 11.0. The van der Waals surface area contributed by atoms with Crippen molar-refractivity contribution in [3.8, 4) is 22.3 Å². The minimum Gasteiger partial charge on any atom is -0.207 e. The van der Waals surface area contributed by atoms with Crippen molar-refractivity contribution in [3.05, 3.63) is 70.5 Å². The van der Waals surface area contributed by atoms with Crippen molar-refractivity contribution in [1.29, 1.82) is 0 Å². The molecule has 0 saturated heterocycles. The van der Waals surface area contributed by atoms with Crippen molar-refractivity contribution in [2.24, 2.45) is 0 Å². The molecule has 0 saturated carbocycles. The number of nitrogens with zero attached hydrogens (tertiary/aromatic N) is 2. The Morgan fingerprint density at radius 3 is 1.96 bits per heavy atom. The summed E-state index contributed by atoms with van der Waals surface area (Å²) < 4.78 is 55.2. The van der Waals surface area contributed by atoms with Crippen molar-refractivity contribution in [2.75, 3.05) is 0 Å². The molecule has 128 valence electrons. The summed E-state index contributed by atoms with van der Waals surface area (Å²) in [6, 6.07) is 6.45. The molecule has 0 amide bonds. The molecular formula is C18H11ClF4N2. The van der Waals surface area contributed by atoms with Crippen LogP contribution in [0.2, 0.25) is 5.15 Å². The van der Waals surface area contributed by atoms with Crippen LogP contribution < -0.4 is 0 Å². The molecule has 0 aliphatic carbocycles. The van der Waals surface area contributed by atoms with E-state index in [1.807, 2.05) is 0 Å². The van der Waals surface area contributed by atoms with Crippen LogP contribution in [0.3, 0.4) is 0 Å². The van der Waals surface area contributed by atoms with E-state index in [1.54, 1.807) is 6.92 Å². The molecule has 0 atom stereocenters. The van der Waals surface area contributed by atoms with Gasteiger partial charge in [0, 0.05) is 23.3 Å². The van der Waals surface area contributed by atoms with Gasteiger partial charge in [-0.15, -0.1) is 5.10 Å². The van der Waals surface area contributed by atoms with Crippen LogP contribution in [0.15, 0.2) is 36.4 Å². The molecule has 3 aromatic rings. The average molecular weight is 367 g/mol. The Bertz CT molecular complexity index is 920. The average Bonchev–Trinajstić information content (AvgIpc) is 2.56. The zero-order chi connectivity index (χ0) is 18.1. The fourth-order valence-electron chi connectivity index (χ4n) is 2.64. The van der Waals surface area contributed by atoms with Crippen LogP contribution in [-0.4, -0.2) is 10.2 Å². The molecule has 0 unspecified atom stereocenters. The first-order valence-electron chi connectivity index (χ1n) is 7.38. The Labute approximate surface area is 146 Å². The lowest BCUT2D eigenvalue weighted by atomic mass is 9.93. The van der Waals surface area contributed by atoms with E-state index in [-0.39, 0.29) is 10.7 Å². The number of hydrogen-bond donors (Lipinski definition) is 0. The molecular weight excluding hydrogens is 356 g/mol. The zero-order valence-corrected chi connectivity index (χ0v) is 13.7. The highest BCUT2D eigenvalue weighted by Gasteiger charge is 2.24. The van der Waals surface area contributed by atoms with Gasteiger partial charge in [-0.25, -0.2) is 17.6 Å². The minimum absolute atomic E-state index is 0.0462. The van der Waals surface area contributed by atoms with Crippen LogP contribution in [0.1, 0.15) is 12.6 Å². The highest BCUT2D eigenvalue weighted by atomic mass is 35.5. The first-order valence-corrected chi connectivity index (χ1v) is 7.76. The van der Waals surface area contributed by atoms with Gasteiger partial charge in [-0.05, 0) is 24.1 Å². The van der Waals surface area contributed by atoms with E-state index in [2.05, 4.69) is 10.2 Å². The van der Waals surface area contributed by atoms with Crippen molar-refractivity contribution >= 4 is 11.6 Å². The summed E-state index contributed by atoms with van der Waals surface area (Å²) in [6.45, 7) is 1.78. The smallest absolute Gasteiger partial charge is 0.160 e. The van der Waals surface area contributed by atoms with Crippen LogP contribution in [0, 0.1) is 23.3 Å². The number of rotatable bonds is 3. The second-order valence-corrected chi connectivity index (χ2v) is 5.65. The van der Waals surface area contributed by atoms with E-state index in [0.717, 1.165) is 0 Å². The van der Waals surface area contributed by atoms with Crippen molar-refractivity contribution in [2.45, 2.75) is 13.3 Å². The number of aromatic nitrogens is 2. The van der Waals surface area contributed by atoms with Crippen molar-refractivity contribution < 1.29 is 17.6 Å². The lowest BCUT2D eigenvalue weighted by molar-refractivity contribution is 0.548. The topological polar surface area (TPSA) is 25.8 Å². The van der Waals surface area contributed by atoms with Crippen LogP contribution in [0.25, 0.3) is 22.3 Å². The summed E-state index contributed by atoms with van der Waals surface area (Å²) >= 11 is 6.08. The first kappa shape index (κ1) is 17.4. The molecule has 0 aliphatic rings. The highest BCUT2D eigenvalue weighted by molar-refractivity contribution is 6.32. The predicted molar refractivity (Wildman–Crippen MR) is 87.1 cm³/mol. The molecule has 3 rings (SSSR count). The molecule has 2 nitrogen and oxygen atoms in total. The fourth-order valence-corrected chi connectivity index (χ4v) is 2.86. The van der Waals surface area contributed by atoms with Gasteiger partial charge in [0.2, 0.25) is 0 Å². The van der Waals surface area contributed by atoms with Crippen LogP contribution in [-0.2, 0) is 6.42 Å². The summed E-state index contributed by atoms with van der Waals surface area (Å²) in [5.74, 6) is -3.73. The van der Waals surface area contributed by atoms with Crippen molar-refractivity contribution in [3.63, 3.8) is 0 Å². The van der Waals surface area contributed by atoms with Gasteiger partial charge in [-0.1, -0.05) is 30.7 Å². The molecule has 7 heteroatoms. The van der Waals surface area contributed by atoms with Crippen LogP contribution in [0.5, 0.6) is 0 Å². The number of benzene rings is 2. The Kier molecular flexibility index (Phi) is 4.72. The van der Waals surface area contributed by atoms with E-state index in [1.165, 1.54) is 24.3 Å². The van der Waals surface area contributed by atoms with Crippen LogP contribution in [0.4, 0.5) is 17.6 Å². The van der Waals surface area contributed by atoms with E-state index >= 15 is 0 Å².